The number of aromatic hydroxyl groups is 1. The quantitative estimate of drug-likeness (QED) is 0.706. The first-order chi connectivity index (χ1) is 11.6. The molecule has 2 aromatic carbocycles. The Kier molecular flexibility index (Phi) is 5.82. The highest BCUT2D eigenvalue weighted by Crippen LogP contribution is 2.32. The summed E-state index contributed by atoms with van der Waals surface area (Å²) in [6.45, 7) is 16.8. The predicted octanol–water partition coefficient (Wildman–Crippen LogP) is 6.15. The minimum atomic E-state index is 0.0726. The van der Waals surface area contributed by atoms with Crippen molar-refractivity contribution in [2.75, 3.05) is 11.4 Å². The van der Waals surface area contributed by atoms with Crippen molar-refractivity contribution in [3.05, 3.63) is 58.7 Å². The van der Waals surface area contributed by atoms with Crippen LogP contribution in [0, 0.1) is 6.92 Å². The summed E-state index contributed by atoms with van der Waals surface area (Å²) in [6, 6.07) is 13.1. The smallest absolute Gasteiger partial charge is 0.123 e. The van der Waals surface area contributed by atoms with Crippen molar-refractivity contribution in [2.45, 2.75) is 66.3 Å². The van der Waals surface area contributed by atoms with Crippen molar-refractivity contribution < 1.29 is 5.11 Å². The van der Waals surface area contributed by atoms with Crippen molar-refractivity contribution in [3.8, 4) is 5.75 Å². The zero-order valence-corrected chi connectivity index (χ0v) is 16.9. The normalized spacial score (nSPS) is 11.8. The van der Waals surface area contributed by atoms with Gasteiger partial charge in [-0.3, -0.25) is 0 Å². The van der Waals surface area contributed by atoms with Gasteiger partial charge in [-0.25, -0.2) is 0 Å². The lowest BCUT2D eigenvalue weighted by Gasteiger charge is -2.27. The van der Waals surface area contributed by atoms with E-state index in [-0.39, 0.29) is 5.41 Å². The highest BCUT2D eigenvalue weighted by atomic mass is 16.3. The van der Waals surface area contributed by atoms with Crippen molar-refractivity contribution in [3.63, 3.8) is 0 Å². The van der Waals surface area contributed by atoms with E-state index in [0.717, 1.165) is 17.7 Å². The van der Waals surface area contributed by atoms with E-state index in [2.05, 4.69) is 82.8 Å². The molecule has 2 aromatic rings. The summed E-state index contributed by atoms with van der Waals surface area (Å²) in [4.78, 5) is 2.31. The van der Waals surface area contributed by atoms with Crippen LogP contribution < -0.4 is 4.90 Å². The van der Waals surface area contributed by atoms with Crippen LogP contribution in [0.25, 0.3) is 0 Å². The Morgan fingerprint density at radius 3 is 2.12 bits per heavy atom. The molecule has 25 heavy (non-hydrogen) atoms. The van der Waals surface area contributed by atoms with Crippen molar-refractivity contribution in [1.29, 1.82) is 0 Å². The SMILES string of the molecule is CCN(Cc1cc(C(C)(C)C)cc(C)c1O)c1ccc(C(C)C)cc1. The first kappa shape index (κ1) is 19.4. The summed E-state index contributed by atoms with van der Waals surface area (Å²) < 4.78 is 0. The van der Waals surface area contributed by atoms with E-state index in [4.69, 9.17) is 0 Å². The number of aryl methyl sites for hydroxylation is 1. The molecule has 0 aliphatic rings. The molecule has 0 saturated carbocycles. The number of benzene rings is 2. The van der Waals surface area contributed by atoms with Crippen LogP contribution in [-0.2, 0) is 12.0 Å². The van der Waals surface area contributed by atoms with Gasteiger partial charge in [0.15, 0.2) is 0 Å². The van der Waals surface area contributed by atoms with Gasteiger partial charge < -0.3 is 10.0 Å². The molecule has 0 fully saturated rings. The Balaban J connectivity index is 2.34. The van der Waals surface area contributed by atoms with Crippen LogP contribution in [0.2, 0.25) is 0 Å². The summed E-state index contributed by atoms with van der Waals surface area (Å²) in [6.07, 6.45) is 0. The monoisotopic (exact) mass is 339 g/mol. The van der Waals surface area contributed by atoms with E-state index < -0.39 is 0 Å². The molecule has 2 rings (SSSR count). The molecule has 0 aromatic heterocycles. The van der Waals surface area contributed by atoms with Gasteiger partial charge in [-0.1, -0.05) is 52.8 Å². The minimum absolute atomic E-state index is 0.0726. The number of phenols is 1. The van der Waals surface area contributed by atoms with E-state index in [1.807, 2.05) is 6.92 Å². The minimum Gasteiger partial charge on any atom is -0.507 e. The lowest BCUT2D eigenvalue weighted by Crippen LogP contribution is -2.23. The average Bonchev–Trinajstić information content (AvgIpc) is 2.55. The third-order valence-electron chi connectivity index (χ3n) is 4.91. The van der Waals surface area contributed by atoms with Crippen LogP contribution in [0.4, 0.5) is 5.69 Å². The summed E-state index contributed by atoms with van der Waals surface area (Å²) in [5.74, 6) is 0.963. The topological polar surface area (TPSA) is 23.5 Å². The second-order valence-corrected chi connectivity index (χ2v) is 8.31. The van der Waals surface area contributed by atoms with Crippen LogP contribution in [0.15, 0.2) is 36.4 Å². The molecule has 136 valence electrons. The molecule has 0 unspecified atom stereocenters. The van der Waals surface area contributed by atoms with Gasteiger partial charge >= 0.3 is 0 Å². The Bertz CT molecular complexity index is 708. The van der Waals surface area contributed by atoms with Gasteiger partial charge in [0.05, 0.1) is 0 Å². The largest absolute Gasteiger partial charge is 0.507 e. The maximum absolute atomic E-state index is 10.6. The Labute approximate surface area is 153 Å². The second kappa shape index (κ2) is 7.51. The maximum atomic E-state index is 10.6. The van der Waals surface area contributed by atoms with Crippen molar-refractivity contribution in [1.82, 2.24) is 0 Å². The molecular weight excluding hydrogens is 306 g/mol. The predicted molar refractivity (Wildman–Crippen MR) is 109 cm³/mol. The fourth-order valence-corrected chi connectivity index (χ4v) is 3.07. The average molecular weight is 340 g/mol. The Hall–Kier alpha value is -1.96. The number of anilines is 1. The molecule has 0 aliphatic heterocycles. The number of phenolic OH excluding ortho intramolecular Hbond substituents is 1. The zero-order chi connectivity index (χ0) is 18.8. The van der Waals surface area contributed by atoms with Crippen LogP contribution >= 0.6 is 0 Å². The standard InChI is InChI=1S/C23H33NO/c1-8-24(21-11-9-18(10-12-21)16(2)3)15-19-14-20(23(5,6)7)13-17(4)22(19)25/h9-14,16,25H,8,15H2,1-7H3. The van der Waals surface area contributed by atoms with Crippen molar-refractivity contribution in [2.24, 2.45) is 0 Å². The maximum Gasteiger partial charge on any atom is 0.123 e. The molecule has 0 bridgehead atoms. The Morgan fingerprint density at radius 2 is 1.64 bits per heavy atom. The number of hydrogen-bond acceptors (Lipinski definition) is 2. The first-order valence-corrected chi connectivity index (χ1v) is 9.31. The van der Waals surface area contributed by atoms with Gasteiger partial charge in [0, 0.05) is 24.3 Å². The third kappa shape index (κ3) is 4.56. The molecule has 2 nitrogen and oxygen atoms in total. The van der Waals surface area contributed by atoms with E-state index in [0.29, 0.717) is 18.2 Å². The summed E-state index contributed by atoms with van der Waals surface area (Å²) in [5.41, 5.74) is 5.85. The van der Waals surface area contributed by atoms with Gasteiger partial charge in [0.25, 0.3) is 0 Å². The molecule has 0 amide bonds. The first-order valence-electron chi connectivity index (χ1n) is 9.31. The Morgan fingerprint density at radius 1 is 1.04 bits per heavy atom. The molecule has 0 atom stereocenters. The molecule has 0 heterocycles. The highest BCUT2D eigenvalue weighted by molar-refractivity contribution is 5.51. The van der Waals surface area contributed by atoms with E-state index in [9.17, 15) is 5.11 Å². The number of rotatable bonds is 5. The van der Waals surface area contributed by atoms with Gasteiger partial charge in [-0.15, -0.1) is 0 Å². The van der Waals surface area contributed by atoms with Gasteiger partial charge in [0.2, 0.25) is 0 Å². The van der Waals surface area contributed by atoms with Crippen LogP contribution in [0.3, 0.4) is 0 Å². The number of nitrogens with zero attached hydrogens (tertiary/aromatic N) is 1. The molecule has 0 spiro atoms. The molecule has 0 aliphatic carbocycles. The molecular formula is C23H33NO. The molecule has 1 N–H and O–H groups in total. The second-order valence-electron chi connectivity index (χ2n) is 8.31. The van der Waals surface area contributed by atoms with Crippen LogP contribution in [0.1, 0.15) is 69.7 Å². The summed E-state index contributed by atoms with van der Waals surface area (Å²) in [5, 5.41) is 10.6. The van der Waals surface area contributed by atoms with Gasteiger partial charge in [0.1, 0.15) is 5.75 Å². The summed E-state index contributed by atoms with van der Waals surface area (Å²) in [7, 11) is 0. The summed E-state index contributed by atoms with van der Waals surface area (Å²) >= 11 is 0. The molecule has 0 saturated heterocycles. The van der Waals surface area contributed by atoms with Crippen LogP contribution in [0.5, 0.6) is 5.75 Å². The van der Waals surface area contributed by atoms with E-state index in [1.165, 1.54) is 16.8 Å². The fourth-order valence-electron chi connectivity index (χ4n) is 3.07. The third-order valence-corrected chi connectivity index (χ3v) is 4.91. The van der Waals surface area contributed by atoms with Gasteiger partial charge in [-0.2, -0.15) is 0 Å². The fraction of sp³-hybridized carbons (Fsp3) is 0.478. The lowest BCUT2D eigenvalue weighted by molar-refractivity contribution is 0.461. The highest BCUT2D eigenvalue weighted by Gasteiger charge is 2.18. The van der Waals surface area contributed by atoms with E-state index in [1.54, 1.807) is 0 Å². The lowest BCUT2D eigenvalue weighted by atomic mass is 9.84. The molecule has 2 heteroatoms. The van der Waals surface area contributed by atoms with E-state index >= 15 is 0 Å². The number of hydrogen-bond donors (Lipinski definition) is 1. The zero-order valence-electron chi connectivity index (χ0n) is 16.9. The van der Waals surface area contributed by atoms with Crippen molar-refractivity contribution >= 4 is 5.69 Å². The van der Waals surface area contributed by atoms with Gasteiger partial charge in [-0.05, 0) is 60.1 Å². The van der Waals surface area contributed by atoms with Crippen LogP contribution in [-0.4, -0.2) is 11.7 Å². The molecule has 0 radical (unpaired) electrons.